The first kappa shape index (κ1) is 26.2. The number of aliphatic carboxylic acids is 1. The maximum atomic E-state index is 12.7. The summed E-state index contributed by atoms with van der Waals surface area (Å²) in [6.45, 7) is 2.44. The lowest BCUT2D eigenvalue weighted by molar-refractivity contribution is -0.131. The molecule has 0 bridgehead atoms. The zero-order valence-electron chi connectivity index (χ0n) is 19.8. The number of carbonyl (C=O) groups excluding carboxylic acids is 2. The normalized spacial score (nSPS) is 13.1. The Kier molecular flexibility index (Phi) is 8.74. The van der Waals surface area contributed by atoms with Gasteiger partial charge in [0.25, 0.3) is 0 Å². The fourth-order valence-corrected chi connectivity index (χ4v) is 5.96. The van der Waals surface area contributed by atoms with Gasteiger partial charge in [-0.05, 0) is 35.7 Å². The number of nitriles is 1. The van der Waals surface area contributed by atoms with Crippen LogP contribution in [0.5, 0.6) is 0 Å². The van der Waals surface area contributed by atoms with E-state index in [1.165, 1.54) is 28.7 Å². The molecule has 10 heteroatoms. The number of rotatable bonds is 9. The van der Waals surface area contributed by atoms with E-state index in [0.717, 1.165) is 53.5 Å². The molecule has 2 heterocycles. The fourth-order valence-electron chi connectivity index (χ4n) is 3.95. The summed E-state index contributed by atoms with van der Waals surface area (Å²) in [5.74, 6) is -1.86. The van der Waals surface area contributed by atoms with Crippen molar-refractivity contribution in [2.45, 2.75) is 24.4 Å². The van der Waals surface area contributed by atoms with Crippen molar-refractivity contribution in [2.75, 3.05) is 22.9 Å². The van der Waals surface area contributed by atoms with Gasteiger partial charge in [0.15, 0.2) is 0 Å². The van der Waals surface area contributed by atoms with Gasteiger partial charge in [-0.1, -0.05) is 36.4 Å². The van der Waals surface area contributed by atoms with Crippen LogP contribution in [0.2, 0.25) is 0 Å². The quantitative estimate of drug-likeness (QED) is 0.274. The van der Waals surface area contributed by atoms with E-state index in [0.29, 0.717) is 16.3 Å². The molecule has 0 spiro atoms. The van der Waals surface area contributed by atoms with Gasteiger partial charge in [0.2, 0.25) is 11.8 Å². The molecule has 1 aromatic heterocycles. The second kappa shape index (κ2) is 12.4. The predicted octanol–water partition coefficient (Wildman–Crippen LogP) is 4.49. The average Bonchev–Trinajstić information content (AvgIpc) is 3.23. The number of fused-ring (bicyclic) bond motifs is 1. The van der Waals surface area contributed by atoms with Crippen LogP contribution in [0.4, 0.5) is 10.7 Å². The number of hydrogen-bond donors (Lipinski definition) is 3. The molecule has 4 rings (SSSR count). The Balaban J connectivity index is 1.34. The molecule has 0 radical (unpaired) electrons. The number of anilines is 2. The third kappa shape index (κ3) is 7.30. The molecule has 0 saturated carbocycles. The maximum absolute atomic E-state index is 12.7. The lowest BCUT2D eigenvalue weighted by atomic mass is 10.0. The molecule has 2 amide bonds. The van der Waals surface area contributed by atoms with Crippen molar-refractivity contribution in [2.24, 2.45) is 0 Å². The van der Waals surface area contributed by atoms with Crippen LogP contribution in [-0.4, -0.2) is 40.1 Å². The van der Waals surface area contributed by atoms with Crippen LogP contribution in [0.3, 0.4) is 0 Å². The van der Waals surface area contributed by atoms with E-state index in [1.54, 1.807) is 18.2 Å². The van der Waals surface area contributed by atoms with Gasteiger partial charge in [0.1, 0.15) is 11.1 Å². The number of carbonyl (C=O) groups is 3. The summed E-state index contributed by atoms with van der Waals surface area (Å²) in [4.78, 5) is 39.3. The molecule has 3 aromatic rings. The predicted molar refractivity (Wildman–Crippen MR) is 144 cm³/mol. The molecule has 2 aromatic carbocycles. The summed E-state index contributed by atoms with van der Waals surface area (Å²) in [5, 5.41) is 24.5. The number of nitrogens with zero attached hydrogens (tertiary/aromatic N) is 2. The minimum absolute atomic E-state index is 0.129. The fraction of sp³-hybridized carbons (Fsp3) is 0.185. The molecule has 37 heavy (non-hydrogen) atoms. The molecule has 0 saturated heterocycles. The van der Waals surface area contributed by atoms with Gasteiger partial charge in [0, 0.05) is 47.2 Å². The van der Waals surface area contributed by atoms with Crippen LogP contribution < -0.4 is 10.6 Å². The summed E-state index contributed by atoms with van der Waals surface area (Å²) in [6.07, 6.45) is 2.47. The van der Waals surface area contributed by atoms with E-state index < -0.39 is 11.9 Å². The number of amides is 2. The van der Waals surface area contributed by atoms with E-state index in [2.05, 4.69) is 33.7 Å². The Morgan fingerprint density at radius 3 is 2.68 bits per heavy atom. The van der Waals surface area contributed by atoms with Crippen LogP contribution >= 0.6 is 23.1 Å². The molecule has 3 N–H and O–H groups in total. The van der Waals surface area contributed by atoms with Gasteiger partial charge in [-0.15, -0.1) is 23.1 Å². The highest BCUT2D eigenvalue weighted by Crippen LogP contribution is 2.37. The number of hydrogen-bond acceptors (Lipinski definition) is 7. The number of benzene rings is 2. The Labute approximate surface area is 222 Å². The van der Waals surface area contributed by atoms with E-state index in [9.17, 15) is 19.6 Å². The number of carboxylic acid groups (broad SMARTS) is 1. The Morgan fingerprint density at radius 1 is 1.11 bits per heavy atom. The van der Waals surface area contributed by atoms with Crippen LogP contribution in [0.1, 0.15) is 21.6 Å². The Morgan fingerprint density at radius 2 is 1.92 bits per heavy atom. The summed E-state index contributed by atoms with van der Waals surface area (Å²) >= 11 is 2.76. The Bertz CT molecular complexity index is 1380. The first-order valence-corrected chi connectivity index (χ1v) is 13.3. The summed E-state index contributed by atoms with van der Waals surface area (Å²) in [6, 6.07) is 19.5. The zero-order valence-corrected chi connectivity index (χ0v) is 21.4. The highest BCUT2D eigenvalue weighted by Gasteiger charge is 2.25. The van der Waals surface area contributed by atoms with Gasteiger partial charge in [-0.25, -0.2) is 4.79 Å². The molecule has 1 aliphatic rings. The highest BCUT2D eigenvalue weighted by atomic mass is 32.2. The van der Waals surface area contributed by atoms with Crippen LogP contribution in [0.15, 0.2) is 71.6 Å². The maximum Gasteiger partial charge on any atom is 0.328 e. The molecular weight excluding hydrogens is 508 g/mol. The first-order valence-electron chi connectivity index (χ1n) is 11.5. The zero-order chi connectivity index (χ0) is 26.2. The second-order valence-electron chi connectivity index (χ2n) is 8.29. The van der Waals surface area contributed by atoms with Gasteiger partial charge >= 0.3 is 5.97 Å². The van der Waals surface area contributed by atoms with Crippen LogP contribution in [0.25, 0.3) is 0 Å². The molecule has 0 fully saturated rings. The number of thioether (sulfide) groups is 1. The van der Waals surface area contributed by atoms with Gasteiger partial charge in [-0.3, -0.25) is 14.5 Å². The smallest absolute Gasteiger partial charge is 0.328 e. The van der Waals surface area contributed by atoms with E-state index in [4.69, 9.17) is 5.11 Å². The highest BCUT2D eigenvalue weighted by molar-refractivity contribution is 8.00. The summed E-state index contributed by atoms with van der Waals surface area (Å²) < 4.78 is 0. The summed E-state index contributed by atoms with van der Waals surface area (Å²) in [5.41, 5.74) is 3.31. The van der Waals surface area contributed by atoms with Gasteiger partial charge in [0.05, 0.1) is 11.3 Å². The molecule has 0 unspecified atom stereocenters. The minimum Gasteiger partial charge on any atom is -0.478 e. The molecule has 188 valence electrons. The minimum atomic E-state index is -1.21. The van der Waals surface area contributed by atoms with E-state index >= 15 is 0 Å². The number of thiophene rings is 1. The van der Waals surface area contributed by atoms with Crippen molar-refractivity contribution in [3.8, 4) is 6.07 Å². The van der Waals surface area contributed by atoms with Crippen molar-refractivity contribution in [1.82, 2.24) is 4.90 Å². The molecule has 0 atom stereocenters. The van der Waals surface area contributed by atoms with Crippen molar-refractivity contribution in [1.29, 1.82) is 5.26 Å². The lowest BCUT2D eigenvalue weighted by Crippen LogP contribution is -2.29. The second-order valence-corrected chi connectivity index (χ2v) is 10.4. The first-order chi connectivity index (χ1) is 17.9. The third-order valence-electron chi connectivity index (χ3n) is 5.60. The topological polar surface area (TPSA) is 123 Å². The molecule has 8 nitrogen and oxygen atoms in total. The number of nitrogens with one attached hydrogen (secondary N) is 2. The van der Waals surface area contributed by atoms with E-state index in [-0.39, 0.29) is 11.7 Å². The van der Waals surface area contributed by atoms with Crippen molar-refractivity contribution >= 4 is 51.6 Å². The van der Waals surface area contributed by atoms with E-state index in [1.807, 2.05) is 24.3 Å². The average molecular weight is 533 g/mol. The van der Waals surface area contributed by atoms with Gasteiger partial charge < -0.3 is 15.7 Å². The SMILES string of the molecule is N#Cc1c(NC(=O)CSc2cccc(NC(=O)/C=C/C(=O)O)c2)sc2c1CCN(Cc1ccccc1)C2. The largest absolute Gasteiger partial charge is 0.478 e. The third-order valence-corrected chi connectivity index (χ3v) is 7.72. The molecule has 1 aliphatic heterocycles. The summed E-state index contributed by atoms with van der Waals surface area (Å²) in [7, 11) is 0. The molecule has 0 aliphatic carbocycles. The number of carboxylic acids is 1. The van der Waals surface area contributed by atoms with Crippen LogP contribution in [-0.2, 0) is 33.9 Å². The van der Waals surface area contributed by atoms with Crippen molar-refractivity contribution in [3.63, 3.8) is 0 Å². The standard InChI is InChI=1S/C27H24N4O4S2/c28-14-22-21-11-12-31(15-18-5-2-1-3-6-18)16-23(21)37-27(22)30-25(33)17-36-20-8-4-7-19(13-20)29-24(32)9-10-26(34)35/h1-10,13H,11-12,15-17H2,(H,29,32)(H,30,33)(H,34,35)/b10-9+. The van der Waals surface area contributed by atoms with Crippen molar-refractivity contribution in [3.05, 3.63) is 88.3 Å². The van der Waals surface area contributed by atoms with Gasteiger partial charge in [-0.2, -0.15) is 5.26 Å². The Hall–Kier alpha value is -3.91. The monoisotopic (exact) mass is 532 g/mol. The van der Waals surface area contributed by atoms with Crippen molar-refractivity contribution < 1.29 is 19.5 Å². The lowest BCUT2D eigenvalue weighted by Gasteiger charge is -2.26. The molecular formula is C27H24N4O4S2. The van der Waals surface area contributed by atoms with Crippen LogP contribution in [0, 0.1) is 11.3 Å².